The monoisotopic (exact) mass is 467 g/mol. The minimum Gasteiger partial charge on any atom is -0.382 e. The maximum atomic E-state index is 13.5. The fraction of sp³-hybridized carbons (Fsp3) is 0.273. The number of likely N-dealkylation sites (N-methyl/N-ethyl adjacent to an activating group) is 1. The second kappa shape index (κ2) is 9.22. The molecule has 3 aromatic rings. The minimum atomic E-state index is -3.78. The quantitative estimate of drug-likeness (QED) is 0.578. The van der Waals surface area contributed by atoms with Gasteiger partial charge in [0.1, 0.15) is 0 Å². The average molecular weight is 468 g/mol. The van der Waals surface area contributed by atoms with Crippen LogP contribution in [0.5, 0.6) is 0 Å². The van der Waals surface area contributed by atoms with Crippen molar-refractivity contribution in [1.82, 2.24) is 24.2 Å². The van der Waals surface area contributed by atoms with Crippen LogP contribution >= 0.6 is 0 Å². The fourth-order valence-electron chi connectivity index (χ4n) is 3.66. The van der Waals surface area contributed by atoms with Crippen LogP contribution in [0.3, 0.4) is 0 Å². The molecule has 1 amide bonds. The van der Waals surface area contributed by atoms with Crippen molar-refractivity contribution in [3.05, 3.63) is 60.2 Å². The Kier molecular flexibility index (Phi) is 6.36. The van der Waals surface area contributed by atoms with Crippen LogP contribution in [-0.2, 0) is 10.0 Å². The van der Waals surface area contributed by atoms with Crippen LogP contribution < -0.4 is 11.1 Å². The molecule has 1 fully saturated rings. The van der Waals surface area contributed by atoms with Crippen molar-refractivity contribution in [2.24, 2.45) is 0 Å². The molecule has 1 aliphatic heterocycles. The van der Waals surface area contributed by atoms with E-state index in [0.29, 0.717) is 43.0 Å². The van der Waals surface area contributed by atoms with E-state index in [1.54, 1.807) is 43.5 Å². The van der Waals surface area contributed by atoms with Crippen molar-refractivity contribution in [2.75, 3.05) is 44.3 Å². The summed E-state index contributed by atoms with van der Waals surface area (Å²) in [6.07, 6.45) is 4.47. The number of amides is 1. The summed E-state index contributed by atoms with van der Waals surface area (Å²) in [5, 5.41) is 2.68. The van der Waals surface area contributed by atoms with Gasteiger partial charge in [0.25, 0.3) is 5.91 Å². The number of nitrogen functional groups attached to an aromatic ring is 1. The Balaban J connectivity index is 1.74. The molecule has 3 heterocycles. The number of carbonyl (C=O) groups is 1. The number of aryl methyl sites for hydroxylation is 1. The highest BCUT2D eigenvalue weighted by molar-refractivity contribution is 7.89. The molecule has 4 rings (SSSR count). The zero-order valence-electron chi connectivity index (χ0n) is 18.4. The van der Waals surface area contributed by atoms with Gasteiger partial charge >= 0.3 is 0 Å². The Morgan fingerprint density at radius 3 is 2.55 bits per heavy atom. The molecule has 11 heteroatoms. The number of nitrogens with zero attached hydrogens (tertiary/aromatic N) is 5. The van der Waals surface area contributed by atoms with E-state index in [9.17, 15) is 13.2 Å². The molecular formula is C22H25N7O3S. The molecule has 10 nitrogen and oxygen atoms in total. The van der Waals surface area contributed by atoms with Crippen LogP contribution in [0.4, 0.5) is 11.5 Å². The van der Waals surface area contributed by atoms with E-state index in [1.807, 2.05) is 7.05 Å². The summed E-state index contributed by atoms with van der Waals surface area (Å²) < 4.78 is 28.5. The van der Waals surface area contributed by atoms with Crippen LogP contribution in [-0.4, -0.2) is 71.7 Å². The highest BCUT2D eigenvalue weighted by Gasteiger charge is 2.31. The number of carbonyl (C=O) groups excluding carboxylic acids is 1. The lowest BCUT2D eigenvalue weighted by molar-refractivity contribution is 0.102. The number of nitrogens with two attached hydrogens (primary N) is 1. The zero-order chi connectivity index (χ0) is 23.6. The fourth-order valence-corrected chi connectivity index (χ4v) is 5.36. The molecule has 0 unspecified atom stereocenters. The largest absolute Gasteiger partial charge is 0.382 e. The summed E-state index contributed by atoms with van der Waals surface area (Å²) in [4.78, 5) is 27.5. The first-order chi connectivity index (χ1) is 15.8. The molecule has 0 bridgehead atoms. The van der Waals surface area contributed by atoms with Gasteiger partial charge in [0, 0.05) is 37.9 Å². The number of nitrogens with one attached hydrogen (secondary N) is 1. The lowest BCUT2D eigenvalue weighted by Gasteiger charge is -2.32. The number of rotatable bonds is 5. The van der Waals surface area contributed by atoms with Crippen LogP contribution in [0.2, 0.25) is 0 Å². The van der Waals surface area contributed by atoms with Gasteiger partial charge in [0.05, 0.1) is 28.7 Å². The van der Waals surface area contributed by atoms with Gasteiger partial charge in [-0.1, -0.05) is 12.1 Å². The summed E-state index contributed by atoms with van der Waals surface area (Å²) in [5.41, 5.74) is 7.67. The van der Waals surface area contributed by atoms with Gasteiger partial charge in [-0.05, 0) is 37.7 Å². The number of hydrogen-bond acceptors (Lipinski definition) is 8. The van der Waals surface area contributed by atoms with E-state index in [2.05, 4.69) is 25.2 Å². The van der Waals surface area contributed by atoms with E-state index in [4.69, 9.17) is 5.73 Å². The molecule has 0 saturated carbocycles. The maximum Gasteiger partial charge on any atom is 0.278 e. The Morgan fingerprint density at radius 1 is 1.09 bits per heavy atom. The van der Waals surface area contributed by atoms with Gasteiger partial charge in [0.2, 0.25) is 10.0 Å². The number of pyridine rings is 1. The average Bonchev–Trinajstić information content (AvgIpc) is 2.80. The first-order valence-electron chi connectivity index (χ1n) is 10.4. The third-order valence-corrected chi connectivity index (χ3v) is 7.45. The van der Waals surface area contributed by atoms with Crippen molar-refractivity contribution >= 4 is 27.4 Å². The normalized spacial score (nSPS) is 15.3. The highest BCUT2D eigenvalue weighted by atomic mass is 32.2. The highest BCUT2D eigenvalue weighted by Crippen LogP contribution is 2.32. The lowest BCUT2D eigenvalue weighted by atomic mass is 10.1. The van der Waals surface area contributed by atoms with Gasteiger partial charge in [-0.15, -0.1) is 0 Å². The zero-order valence-corrected chi connectivity index (χ0v) is 19.2. The predicted octanol–water partition coefficient (Wildman–Crippen LogP) is 1.62. The van der Waals surface area contributed by atoms with E-state index in [1.165, 1.54) is 16.7 Å². The van der Waals surface area contributed by atoms with E-state index in [-0.39, 0.29) is 22.1 Å². The number of anilines is 2. The number of aromatic nitrogens is 3. The van der Waals surface area contributed by atoms with E-state index >= 15 is 0 Å². The number of piperazine rings is 1. The Bertz CT molecular complexity index is 1270. The van der Waals surface area contributed by atoms with E-state index < -0.39 is 15.9 Å². The number of hydrogen-bond donors (Lipinski definition) is 2. The molecular weight excluding hydrogens is 442 g/mol. The van der Waals surface area contributed by atoms with Gasteiger partial charge < -0.3 is 16.0 Å². The number of benzene rings is 1. The van der Waals surface area contributed by atoms with Crippen LogP contribution in [0.25, 0.3) is 11.3 Å². The summed E-state index contributed by atoms with van der Waals surface area (Å²) in [6, 6.07) is 8.42. The Hall–Kier alpha value is -3.41. The van der Waals surface area contributed by atoms with Crippen molar-refractivity contribution < 1.29 is 13.2 Å². The van der Waals surface area contributed by atoms with E-state index in [0.717, 1.165) is 0 Å². The summed E-state index contributed by atoms with van der Waals surface area (Å²) in [6.45, 7) is 3.91. The molecule has 172 valence electrons. The SMILES string of the molecule is Cc1cccc(S(=O)(=O)N2CCN(C)CC2)c1-c1cnc(N)c(C(=O)Nc2cccnc2)n1. The lowest BCUT2D eigenvalue weighted by Crippen LogP contribution is -2.47. The molecule has 1 aromatic carbocycles. The van der Waals surface area contributed by atoms with Gasteiger partial charge in [-0.3, -0.25) is 9.78 Å². The van der Waals surface area contributed by atoms with Gasteiger partial charge in [-0.2, -0.15) is 4.31 Å². The van der Waals surface area contributed by atoms with Crippen molar-refractivity contribution in [2.45, 2.75) is 11.8 Å². The first-order valence-corrected chi connectivity index (χ1v) is 11.8. The first kappa shape index (κ1) is 22.8. The topological polar surface area (TPSA) is 134 Å². The molecule has 0 aliphatic carbocycles. The maximum absolute atomic E-state index is 13.5. The van der Waals surface area contributed by atoms with Crippen LogP contribution in [0.1, 0.15) is 16.1 Å². The second-order valence-corrected chi connectivity index (χ2v) is 9.75. The third-order valence-electron chi connectivity index (χ3n) is 5.51. The van der Waals surface area contributed by atoms with Crippen molar-refractivity contribution in [3.63, 3.8) is 0 Å². The molecule has 1 aliphatic rings. The Morgan fingerprint density at radius 2 is 1.85 bits per heavy atom. The molecule has 3 N–H and O–H groups in total. The third kappa shape index (κ3) is 4.70. The molecule has 2 aromatic heterocycles. The van der Waals surface area contributed by atoms with Gasteiger partial charge in [0.15, 0.2) is 11.5 Å². The summed E-state index contributed by atoms with van der Waals surface area (Å²) >= 11 is 0. The minimum absolute atomic E-state index is 0.0581. The standard InChI is InChI=1S/C22H25N7O3S/c1-15-5-3-7-18(33(31,32)29-11-9-28(2)10-12-29)19(15)17-14-25-21(23)20(27-17)22(30)26-16-6-4-8-24-13-16/h3-8,13-14H,9-12H2,1-2H3,(H2,23,25)(H,26,30). The smallest absolute Gasteiger partial charge is 0.278 e. The molecule has 0 radical (unpaired) electrons. The number of sulfonamides is 1. The summed E-state index contributed by atoms with van der Waals surface area (Å²) in [5.74, 6) is -0.621. The second-order valence-electron chi connectivity index (χ2n) is 7.84. The molecule has 0 spiro atoms. The van der Waals surface area contributed by atoms with Crippen LogP contribution in [0.15, 0.2) is 53.8 Å². The molecule has 33 heavy (non-hydrogen) atoms. The summed E-state index contributed by atoms with van der Waals surface area (Å²) in [7, 11) is -1.82. The van der Waals surface area contributed by atoms with Gasteiger partial charge in [-0.25, -0.2) is 18.4 Å². The molecule has 0 atom stereocenters. The van der Waals surface area contributed by atoms with Crippen molar-refractivity contribution in [3.8, 4) is 11.3 Å². The molecule has 1 saturated heterocycles. The van der Waals surface area contributed by atoms with Crippen molar-refractivity contribution in [1.29, 1.82) is 0 Å². The van der Waals surface area contributed by atoms with Crippen LogP contribution in [0, 0.1) is 6.92 Å². The Labute approximate surface area is 192 Å². The predicted molar refractivity (Wildman–Crippen MR) is 125 cm³/mol.